The summed E-state index contributed by atoms with van der Waals surface area (Å²) in [5, 5.41) is 31.8. The summed E-state index contributed by atoms with van der Waals surface area (Å²) in [6.45, 7) is 5.07. The summed E-state index contributed by atoms with van der Waals surface area (Å²) in [5.41, 5.74) is 0. The number of aliphatic hydroxyl groups is 2. The Balaban J connectivity index is -0.000000174. The van der Waals surface area contributed by atoms with Crippen LogP contribution < -0.4 is 0 Å². The third kappa shape index (κ3) is 52.2. The summed E-state index contributed by atoms with van der Waals surface area (Å²) in [6.07, 6.45) is 1.49. The van der Waals surface area contributed by atoms with Crippen LogP contribution in [0.15, 0.2) is 0 Å². The Hall–Kier alpha value is -1.14. The number of carboxylic acid groups (broad SMARTS) is 2. The molecule has 1 unspecified atom stereocenters. The molecule has 0 saturated carbocycles. The number of carboxylic acids is 2. The maximum absolute atomic E-state index is 9.60. The Morgan fingerprint density at radius 1 is 1.00 bits per heavy atom. The van der Waals surface area contributed by atoms with Gasteiger partial charge in [0.25, 0.3) is 0 Å². The number of aliphatic carboxylic acids is 2. The van der Waals surface area contributed by atoms with E-state index in [1.807, 2.05) is 13.8 Å². The second-order valence-corrected chi connectivity index (χ2v) is 3.32. The standard InChI is InChI=1S/2C4H8O2.C3H8O2/c2*1-2-3-4(5)6;1-3(5)2-4/h2*2-3H2,1H3,(H,5,6);3-5H,2H2,1H3. The molecule has 0 bridgehead atoms. The van der Waals surface area contributed by atoms with E-state index >= 15 is 0 Å². The molecule has 0 aromatic heterocycles. The van der Waals surface area contributed by atoms with Crippen LogP contribution in [0.4, 0.5) is 0 Å². The topological polar surface area (TPSA) is 115 Å². The summed E-state index contributed by atoms with van der Waals surface area (Å²) >= 11 is 0. The fourth-order valence-electron chi connectivity index (χ4n) is 0.428. The summed E-state index contributed by atoms with van der Waals surface area (Å²) in [4.78, 5) is 19.2. The van der Waals surface area contributed by atoms with E-state index in [4.69, 9.17) is 20.4 Å². The van der Waals surface area contributed by atoms with Crippen molar-refractivity contribution in [1.29, 1.82) is 0 Å². The Bertz CT molecular complexity index is 163. The number of rotatable bonds is 5. The van der Waals surface area contributed by atoms with Crippen LogP contribution in [0.25, 0.3) is 0 Å². The van der Waals surface area contributed by atoms with E-state index in [0.29, 0.717) is 12.8 Å². The number of carbonyl (C=O) groups is 2. The first-order valence-electron chi connectivity index (χ1n) is 5.54. The summed E-state index contributed by atoms with van der Waals surface area (Å²) in [6, 6.07) is 0. The normalized spacial score (nSPS) is 10.2. The molecule has 0 aliphatic rings. The summed E-state index contributed by atoms with van der Waals surface area (Å²) < 4.78 is 0. The van der Waals surface area contributed by atoms with Gasteiger partial charge in [-0.05, 0) is 19.8 Å². The first-order chi connectivity index (χ1) is 7.81. The van der Waals surface area contributed by atoms with Crippen molar-refractivity contribution in [3.05, 3.63) is 0 Å². The first-order valence-corrected chi connectivity index (χ1v) is 5.54. The molecule has 1 atom stereocenters. The van der Waals surface area contributed by atoms with E-state index < -0.39 is 18.0 Å². The van der Waals surface area contributed by atoms with E-state index in [0.717, 1.165) is 12.8 Å². The largest absolute Gasteiger partial charge is 0.481 e. The van der Waals surface area contributed by atoms with Gasteiger partial charge in [-0.25, -0.2) is 0 Å². The van der Waals surface area contributed by atoms with Crippen LogP contribution in [0.5, 0.6) is 0 Å². The molecular weight excluding hydrogens is 228 g/mol. The van der Waals surface area contributed by atoms with Crippen LogP contribution in [-0.4, -0.2) is 45.1 Å². The van der Waals surface area contributed by atoms with E-state index in [2.05, 4.69) is 0 Å². The van der Waals surface area contributed by atoms with Gasteiger partial charge in [0.2, 0.25) is 0 Å². The predicted octanol–water partition coefficient (Wildman–Crippen LogP) is 1.10. The fraction of sp³-hybridized carbons (Fsp3) is 0.818. The molecule has 0 amide bonds. The highest BCUT2D eigenvalue weighted by atomic mass is 16.4. The first kappa shape index (κ1) is 21.2. The molecule has 4 N–H and O–H groups in total. The van der Waals surface area contributed by atoms with Crippen LogP contribution in [-0.2, 0) is 9.59 Å². The van der Waals surface area contributed by atoms with Gasteiger partial charge in [-0.2, -0.15) is 0 Å². The fourth-order valence-corrected chi connectivity index (χ4v) is 0.428. The molecule has 0 aliphatic heterocycles. The molecule has 0 aromatic carbocycles. The lowest BCUT2D eigenvalue weighted by Crippen LogP contribution is -2.03. The molecular formula is C11H24O6. The molecule has 0 fully saturated rings. The number of hydrogen-bond donors (Lipinski definition) is 4. The van der Waals surface area contributed by atoms with Crippen LogP contribution in [0, 0.1) is 0 Å². The molecule has 0 aliphatic carbocycles. The Kier molecular flexibility index (Phi) is 21.5. The van der Waals surface area contributed by atoms with E-state index in [1.165, 1.54) is 6.92 Å². The van der Waals surface area contributed by atoms with Crippen molar-refractivity contribution in [2.24, 2.45) is 0 Å². The van der Waals surface area contributed by atoms with Crippen LogP contribution in [0.1, 0.15) is 46.5 Å². The second kappa shape index (κ2) is 17.3. The average Bonchev–Trinajstić information content (AvgIpc) is 2.19. The monoisotopic (exact) mass is 252 g/mol. The molecule has 104 valence electrons. The number of hydrogen-bond acceptors (Lipinski definition) is 4. The molecule has 0 heterocycles. The van der Waals surface area contributed by atoms with Gasteiger partial charge in [0.05, 0.1) is 12.7 Å². The highest BCUT2D eigenvalue weighted by Gasteiger charge is 1.88. The molecule has 17 heavy (non-hydrogen) atoms. The Morgan fingerprint density at radius 3 is 1.24 bits per heavy atom. The van der Waals surface area contributed by atoms with Crippen molar-refractivity contribution in [2.75, 3.05) is 6.61 Å². The van der Waals surface area contributed by atoms with Crippen molar-refractivity contribution in [2.45, 2.75) is 52.6 Å². The molecule has 6 heteroatoms. The van der Waals surface area contributed by atoms with Crippen molar-refractivity contribution >= 4 is 11.9 Å². The maximum atomic E-state index is 9.60. The van der Waals surface area contributed by atoms with Gasteiger partial charge < -0.3 is 20.4 Å². The van der Waals surface area contributed by atoms with Gasteiger partial charge in [0.1, 0.15) is 0 Å². The van der Waals surface area contributed by atoms with Crippen molar-refractivity contribution in [3.8, 4) is 0 Å². The molecule has 0 radical (unpaired) electrons. The predicted molar refractivity (Wildman–Crippen MR) is 63.9 cm³/mol. The van der Waals surface area contributed by atoms with Gasteiger partial charge >= 0.3 is 11.9 Å². The average molecular weight is 252 g/mol. The quantitative estimate of drug-likeness (QED) is 0.582. The van der Waals surface area contributed by atoms with Crippen LogP contribution >= 0.6 is 0 Å². The lowest BCUT2D eigenvalue weighted by Gasteiger charge is -1.90. The van der Waals surface area contributed by atoms with E-state index in [9.17, 15) is 9.59 Å². The lowest BCUT2D eigenvalue weighted by atomic mass is 10.4. The van der Waals surface area contributed by atoms with Crippen molar-refractivity contribution in [3.63, 3.8) is 0 Å². The van der Waals surface area contributed by atoms with Gasteiger partial charge in [-0.1, -0.05) is 13.8 Å². The molecule has 0 rings (SSSR count). The van der Waals surface area contributed by atoms with Gasteiger partial charge in [-0.15, -0.1) is 0 Å². The number of aliphatic hydroxyl groups excluding tert-OH is 2. The molecule has 0 saturated heterocycles. The minimum Gasteiger partial charge on any atom is -0.481 e. The minimum absolute atomic E-state index is 0.139. The zero-order chi connectivity index (χ0) is 14.3. The van der Waals surface area contributed by atoms with E-state index in [-0.39, 0.29) is 6.61 Å². The zero-order valence-corrected chi connectivity index (χ0v) is 10.7. The Labute approximate surface area is 102 Å². The van der Waals surface area contributed by atoms with Crippen LogP contribution in [0.3, 0.4) is 0 Å². The molecule has 0 aromatic rings. The van der Waals surface area contributed by atoms with Crippen molar-refractivity contribution in [1.82, 2.24) is 0 Å². The molecule has 6 nitrogen and oxygen atoms in total. The SMILES string of the molecule is CC(O)CO.CCCC(=O)O.CCCC(=O)O. The Morgan fingerprint density at radius 2 is 1.24 bits per heavy atom. The maximum Gasteiger partial charge on any atom is 0.303 e. The van der Waals surface area contributed by atoms with Crippen LogP contribution in [0.2, 0.25) is 0 Å². The van der Waals surface area contributed by atoms with Gasteiger partial charge in [0, 0.05) is 12.8 Å². The minimum atomic E-state index is -0.711. The lowest BCUT2D eigenvalue weighted by molar-refractivity contribution is -0.138. The highest BCUT2D eigenvalue weighted by molar-refractivity contribution is 5.66. The third-order valence-electron chi connectivity index (χ3n) is 1.19. The summed E-state index contributed by atoms with van der Waals surface area (Å²) in [7, 11) is 0. The second-order valence-electron chi connectivity index (χ2n) is 3.32. The smallest absolute Gasteiger partial charge is 0.303 e. The van der Waals surface area contributed by atoms with E-state index in [1.54, 1.807) is 0 Å². The summed E-state index contributed by atoms with van der Waals surface area (Å²) in [5.74, 6) is -1.42. The van der Waals surface area contributed by atoms with Crippen molar-refractivity contribution < 1.29 is 30.0 Å². The van der Waals surface area contributed by atoms with Gasteiger partial charge in [0.15, 0.2) is 0 Å². The zero-order valence-electron chi connectivity index (χ0n) is 10.7. The third-order valence-corrected chi connectivity index (χ3v) is 1.19. The molecule has 0 spiro atoms. The highest BCUT2D eigenvalue weighted by Crippen LogP contribution is 1.82. The van der Waals surface area contributed by atoms with Gasteiger partial charge in [-0.3, -0.25) is 9.59 Å².